The Balaban J connectivity index is 2.92. The standard InChI is InChI=1S/C9H12ClNO/c1-6(11)5-7-3-2-4-8(12)9(7)10/h2-4,6,12H,5,11H2,1H3. The van der Waals surface area contributed by atoms with E-state index in [2.05, 4.69) is 0 Å². The van der Waals surface area contributed by atoms with Gasteiger partial charge >= 0.3 is 0 Å². The molecule has 1 unspecified atom stereocenters. The Morgan fingerprint density at radius 3 is 2.83 bits per heavy atom. The van der Waals surface area contributed by atoms with E-state index < -0.39 is 0 Å². The molecule has 0 heterocycles. The summed E-state index contributed by atoms with van der Waals surface area (Å²) in [5.74, 6) is 0.120. The predicted molar refractivity (Wildman–Crippen MR) is 50.5 cm³/mol. The fraction of sp³-hybridized carbons (Fsp3) is 0.333. The molecule has 0 aliphatic heterocycles. The van der Waals surface area contributed by atoms with Gasteiger partial charge in [-0.25, -0.2) is 0 Å². The Morgan fingerprint density at radius 1 is 1.58 bits per heavy atom. The first-order valence-electron chi connectivity index (χ1n) is 3.83. The highest BCUT2D eigenvalue weighted by molar-refractivity contribution is 6.32. The lowest BCUT2D eigenvalue weighted by atomic mass is 10.1. The van der Waals surface area contributed by atoms with Crippen molar-refractivity contribution in [1.82, 2.24) is 0 Å². The van der Waals surface area contributed by atoms with Gasteiger partial charge in [0, 0.05) is 6.04 Å². The molecule has 0 aromatic heterocycles. The Hall–Kier alpha value is -0.730. The van der Waals surface area contributed by atoms with Gasteiger partial charge in [-0.3, -0.25) is 0 Å². The number of hydrogen-bond acceptors (Lipinski definition) is 2. The van der Waals surface area contributed by atoms with Crippen LogP contribution in [0.4, 0.5) is 0 Å². The summed E-state index contributed by atoms with van der Waals surface area (Å²) in [7, 11) is 0. The normalized spacial score (nSPS) is 12.9. The van der Waals surface area contributed by atoms with E-state index in [0.29, 0.717) is 11.4 Å². The lowest BCUT2D eigenvalue weighted by molar-refractivity contribution is 0.474. The van der Waals surface area contributed by atoms with E-state index in [0.717, 1.165) is 5.56 Å². The Kier molecular flexibility index (Phi) is 2.95. The van der Waals surface area contributed by atoms with Crippen LogP contribution in [-0.4, -0.2) is 11.1 Å². The molecule has 12 heavy (non-hydrogen) atoms. The third-order valence-corrected chi connectivity index (χ3v) is 2.04. The maximum atomic E-state index is 9.24. The second kappa shape index (κ2) is 3.78. The van der Waals surface area contributed by atoms with E-state index in [4.69, 9.17) is 17.3 Å². The Bertz CT molecular complexity index is 273. The average Bonchev–Trinajstić information content (AvgIpc) is 1.98. The van der Waals surface area contributed by atoms with Crippen LogP contribution < -0.4 is 5.73 Å². The molecule has 1 aromatic carbocycles. The van der Waals surface area contributed by atoms with Crippen LogP contribution in [-0.2, 0) is 6.42 Å². The van der Waals surface area contributed by atoms with Crippen molar-refractivity contribution in [2.75, 3.05) is 0 Å². The summed E-state index contributed by atoms with van der Waals surface area (Å²) >= 11 is 5.83. The minimum Gasteiger partial charge on any atom is -0.506 e. The van der Waals surface area contributed by atoms with E-state index in [1.807, 2.05) is 13.0 Å². The van der Waals surface area contributed by atoms with E-state index in [1.165, 1.54) is 0 Å². The topological polar surface area (TPSA) is 46.2 Å². The molecule has 1 atom stereocenters. The molecule has 0 saturated carbocycles. The number of halogens is 1. The van der Waals surface area contributed by atoms with Crippen LogP contribution in [0.25, 0.3) is 0 Å². The number of rotatable bonds is 2. The minimum absolute atomic E-state index is 0.0595. The molecule has 0 radical (unpaired) electrons. The molecular weight excluding hydrogens is 174 g/mol. The first kappa shape index (κ1) is 9.36. The molecule has 0 fully saturated rings. The van der Waals surface area contributed by atoms with Crippen molar-refractivity contribution >= 4 is 11.6 Å². The van der Waals surface area contributed by atoms with Crippen LogP contribution in [0.3, 0.4) is 0 Å². The number of nitrogens with two attached hydrogens (primary N) is 1. The van der Waals surface area contributed by atoms with Gasteiger partial charge in [0.15, 0.2) is 0 Å². The van der Waals surface area contributed by atoms with Crippen LogP contribution in [0.2, 0.25) is 5.02 Å². The molecule has 0 saturated heterocycles. The zero-order valence-corrected chi connectivity index (χ0v) is 7.67. The van der Waals surface area contributed by atoms with Crippen molar-refractivity contribution in [2.45, 2.75) is 19.4 Å². The van der Waals surface area contributed by atoms with E-state index >= 15 is 0 Å². The van der Waals surface area contributed by atoms with Crippen LogP contribution in [0, 0.1) is 0 Å². The molecule has 66 valence electrons. The molecule has 1 aromatic rings. The first-order chi connectivity index (χ1) is 5.61. The zero-order valence-electron chi connectivity index (χ0n) is 6.92. The van der Waals surface area contributed by atoms with Gasteiger partial charge < -0.3 is 10.8 Å². The molecule has 0 aliphatic carbocycles. The highest BCUT2D eigenvalue weighted by Gasteiger charge is 2.05. The van der Waals surface area contributed by atoms with Gasteiger partial charge in [-0.2, -0.15) is 0 Å². The summed E-state index contributed by atoms with van der Waals surface area (Å²) in [6.45, 7) is 1.90. The van der Waals surface area contributed by atoms with Crippen molar-refractivity contribution in [1.29, 1.82) is 0 Å². The second-order valence-corrected chi connectivity index (χ2v) is 3.31. The first-order valence-corrected chi connectivity index (χ1v) is 4.21. The summed E-state index contributed by atoms with van der Waals surface area (Å²) in [5.41, 5.74) is 6.50. The third kappa shape index (κ3) is 2.13. The quantitative estimate of drug-likeness (QED) is 0.740. The average molecular weight is 186 g/mol. The van der Waals surface area contributed by atoms with Gasteiger partial charge in [0.25, 0.3) is 0 Å². The number of phenols is 1. The number of aromatic hydroxyl groups is 1. The van der Waals surface area contributed by atoms with Gasteiger partial charge in [-0.1, -0.05) is 23.7 Å². The van der Waals surface area contributed by atoms with E-state index in [-0.39, 0.29) is 11.8 Å². The maximum absolute atomic E-state index is 9.24. The summed E-state index contributed by atoms with van der Waals surface area (Å²) in [6, 6.07) is 5.25. The van der Waals surface area contributed by atoms with Gasteiger partial charge in [0.05, 0.1) is 5.02 Å². The molecule has 0 spiro atoms. The van der Waals surface area contributed by atoms with E-state index in [9.17, 15) is 5.11 Å². The molecule has 0 aliphatic rings. The minimum atomic E-state index is 0.0595. The molecule has 1 rings (SSSR count). The monoisotopic (exact) mass is 185 g/mol. The number of hydrogen-bond donors (Lipinski definition) is 2. The number of benzene rings is 1. The van der Waals surface area contributed by atoms with Gasteiger partial charge in [-0.05, 0) is 25.0 Å². The Morgan fingerprint density at radius 2 is 2.25 bits per heavy atom. The lowest BCUT2D eigenvalue weighted by Gasteiger charge is -2.07. The van der Waals surface area contributed by atoms with Gasteiger partial charge in [-0.15, -0.1) is 0 Å². The number of phenolic OH excluding ortho intramolecular Hbond substituents is 1. The van der Waals surface area contributed by atoms with Gasteiger partial charge in [0.2, 0.25) is 0 Å². The summed E-state index contributed by atoms with van der Waals surface area (Å²) in [6.07, 6.45) is 0.688. The molecule has 2 nitrogen and oxygen atoms in total. The van der Waals surface area contributed by atoms with Crippen molar-refractivity contribution in [2.24, 2.45) is 5.73 Å². The van der Waals surface area contributed by atoms with Crippen LogP contribution in [0.15, 0.2) is 18.2 Å². The molecule has 0 bridgehead atoms. The van der Waals surface area contributed by atoms with Crippen molar-refractivity contribution in [3.8, 4) is 5.75 Å². The summed E-state index contributed by atoms with van der Waals surface area (Å²) in [5, 5.41) is 9.65. The van der Waals surface area contributed by atoms with Crippen molar-refractivity contribution in [3.05, 3.63) is 28.8 Å². The van der Waals surface area contributed by atoms with Crippen LogP contribution >= 0.6 is 11.6 Å². The SMILES string of the molecule is CC(N)Cc1cccc(O)c1Cl. The van der Waals surface area contributed by atoms with Gasteiger partial charge in [0.1, 0.15) is 5.75 Å². The lowest BCUT2D eigenvalue weighted by Crippen LogP contribution is -2.17. The molecule has 3 heteroatoms. The zero-order chi connectivity index (χ0) is 9.14. The smallest absolute Gasteiger partial charge is 0.134 e. The third-order valence-electron chi connectivity index (χ3n) is 1.60. The van der Waals surface area contributed by atoms with Crippen molar-refractivity contribution < 1.29 is 5.11 Å². The largest absolute Gasteiger partial charge is 0.506 e. The fourth-order valence-electron chi connectivity index (χ4n) is 1.07. The van der Waals surface area contributed by atoms with Crippen molar-refractivity contribution in [3.63, 3.8) is 0 Å². The van der Waals surface area contributed by atoms with Crippen LogP contribution in [0.5, 0.6) is 5.75 Å². The highest BCUT2D eigenvalue weighted by Crippen LogP contribution is 2.27. The fourth-order valence-corrected chi connectivity index (χ4v) is 1.27. The summed E-state index contributed by atoms with van der Waals surface area (Å²) < 4.78 is 0. The maximum Gasteiger partial charge on any atom is 0.134 e. The van der Waals surface area contributed by atoms with Crippen LogP contribution in [0.1, 0.15) is 12.5 Å². The molecule has 3 N–H and O–H groups in total. The molecule has 0 amide bonds. The predicted octanol–water partition coefficient (Wildman–Crippen LogP) is 1.94. The highest BCUT2D eigenvalue weighted by atomic mass is 35.5. The van der Waals surface area contributed by atoms with E-state index in [1.54, 1.807) is 12.1 Å². The molecular formula is C9H12ClNO. The second-order valence-electron chi connectivity index (χ2n) is 2.93. The summed E-state index contributed by atoms with van der Waals surface area (Å²) in [4.78, 5) is 0. The Labute approximate surface area is 77.0 Å².